The van der Waals surface area contributed by atoms with Gasteiger partial charge in [0.1, 0.15) is 11.6 Å². The van der Waals surface area contributed by atoms with Crippen molar-refractivity contribution in [3.63, 3.8) is 0 Å². The molecule has 1 atom stereocenters. The van der Waals surface area contributed by atoms with Crippen molar-refractivity contribution in [2.24, 2.45) is 5.92 Å². The number of aromatic nitrogens is 2. The van der Waals surface area contributed by atoms with E-state index in [1.165, 1.54) is 15.8 Å². The molecule has 1 aliphatic rings. The van der Waals surface area contributed by atoms with Crippen LogP contribution in [0.15, 0.2) is 6.20 Å². The monoisotopic (exact) mass is 316 g/mol. The molecule has 0 saturated carbocycles. The van der Waals surface area contributed by atoms with Gasteiger partial charge in [-0.25, -0.2) is 4.68 Å². The standard InChI is InChI=1S/C11H13FN4O4S/c12-21(19,20)7-8-3-10(18)15(6-8)11-9(4-13)5-14-16(11)1-2-17/h5,8,17H,1-3,6-7H2. The molecular weight excluding hydrogens is 303 g/mol. The van der Waals surface area contributed by atoms with Crippen molar-refractivity contribution in [1.29, 1.82) is 5.26 Å². The van der Waals surface area contributed by atoms with Crippen LogP contribution in [0.1, 0.15) is 12.0 Å². The van der Waals surface area contributed by atoms with E-state index in [9.17, 15) is 17.1 Å². The third kappa shape index (κ3) is 3.37. The Hall–Kier alpha value is -1.99. The lowest BCUT2D eigenvalue weighted by Crippen LogP contribution is -2.29. The predicted molar refractivity (Wildman–Crippen MR) is 69.4 cm³/mol. The Bertz CT molecular complexity index is 694. The maximum absolute atomic E-state index is 12.7. The summed E-state index contributed by atoms with van der Waals surface area (Å²) in [6.07, 6.45) is 1.15. The zero-order chi connectivity index (χ0) is 15.6. The maximum Gasteiger partial charge on any atom is 0.302 e. The normalized spacial score (nSPS) is 19.0. The topological polar surface area (TPSA) is 116 Å². The number of nitriles is 1. The average Bonchev–Trinajstić information content (AvgIpc) is 2.91. The lowest BCUT2D eigenvalue weighted by molar-refractivity contribution is -0.117. The van der Waals surface area contributed by atoms with Crippen LogP contribution in [0.4, 0.5) is 9.70 Å². The number of aliphatic hydroxyl groups excluding tert-OH is 1. The minimum atomic E-state index is -4.67. The molecule has 1 fully saturated rings. The first-order valence-electron chi connectivity index (χ1n) is 6.15. The molecule has 0 bridgehead atoms. The molecule has 1 saturated heterocycles. The Labute approximate surface area is 120 Å². The van der Waals surface area contributed by atoms with E-state index >= 15 is 0 Å². The van der Waals surface area contributed by atoms with Gasteiger partial charge in [0.2, 0.25) is 5.91 Å². The van der Waals surface area contributed by atoms with Crippen LogP contribution in [-0.2, 0) is 21.6 Å². The Kier molecular flexibility index (Phi) is 4.24. The lowest BCUT2D eigenvalue weighted by Gasteiger charge is -2.18. The van der Waals surface area contributed by atoms with Crippen LogP contribution in [0.25, 0.3) is 0 Å². The smallest absolute Gasteiger partial charge is 0.302 e. The highest BCUT2D eigenvalue weighted by Crippen LogP contribution is 2.28. The number of carbonyl (C=O) groups excluding carboxylic acids is 1. The van der Waals surface area contributed by atoms with Crippen molar-refractivity contribution in [1.82, 2.24) is 9.78 Å². The number of anilines is 1. The Balaban J connectivity index is 2.28. The van der Waals surface area contributed by atoms with Crippen LogP contribution in [0.5, 0.6) is 0 Å². The molecule has 10 heteroatoms. The fourth-order valence-corrected chi connectivity index (χ4v) is 3.17. The second-order valence-corrected chi connectivity index (χ2v) is 6.13. The van der Waals surface area contributed by atoms with Gasteiger partial charge in [0, 0.05) is 18.9 Å². The highest BCUT2D eigenvalue weighted by Gasteiger charge is 2.36. The minimum absolute atomic E-state index is 0.00617. The molecule has 1 amide bonds. The number of hydrogen-bond acceptors (Lipinski definition) is 6. The summed E-state index contributed by atoms with van der Waals surface area (Å²) in [5.41, 5.74) is 0.139. The molecule has 2 heterocycles. The van der Waals surface area contributed by atoms with Crippen molar-refractivity contribution in [3.05, 3.63) is 11.8 Å². The number of aliphatic hydroxyl groups is 1. The molecule has 0 radical (unpaired) electrons. The number of nitrogens with zero attached hydrogens (tertiary/aromatic N) is 4. The molecule has 8 nitrogen and oxygen atoms in total. The van der Waals surface area contributed by atoms with Crippen molar-refractivity contribution < 1.29 is 22.2 Å². The molecule has 1 aromatic rings. The summed E-state index contributed by atoms with van der Waals surface area (Å²) in [6, 6.07) is 1.88. The summed E-state index contributed by atoms with van der Waals surface area (Å²) in [7, 11) is -4.67. The fraction of sp³-hybridized carbons (Fsp3) is 0.545. The van der Waals surface area contributed by atoms with Gasteiger partial charge in [-0.2, -0.15) is 18.8 Å². The molecule has 1 aromatic heterocycles. The van der Waals surface area contributed by atoms with Crippen molar-refractivity contribution in [2.75, 3.05) is 23.8 Å². The van der Waals surface area contributed by atoms with Gasteiger partial charge in [0.25, 0.3) is 0 Å². The molecule has 0 aliphatic carbocycles. The number of hydrogen-bond donors (Lipinski definition) is 1. The van der Waals surface area contributed by atoms with E-state index in [4.69, 9.17) is 10.4 Å². The molecule has 21 heavy (non-hydrogen) atoms. The molecule has 1 N–H and O–H groups in total. The second-order valence-electron chi connectivity index (χ2n) is 4.72. The van der Waals surface area contributed by atoms with Crippen LogP contribution in [0.2, 0.25) is 0 Å². The summed E-state index contributed by atoms with van der Waals surface area (Å²) in [5.74, 6) is -1.60. The number of carbonyl (C=O) groups is 1. The SMILES string of the molecule is N#Cc1cnn(CCO)c1N1CC(CS(=O)(=O)F)CC1=O. The molecule has 2 rings (SSSR count). The molecule has 0 spiro atoms. The van der Waals surface area contributed by atoms with E-state index in [0.717, 1.165) is 0 Å². The summed E-state index contributed by atoms with van der Waals surface area (Å²) in [5, 5.41) is 21.9. The first-order valence-corrected chi connectivity index (χ1v) is 7.70. The highest BCUT2D eigenvalue weighted by molar-refractivity contribution is 7.86. The van der Waals surface area contributed by atoms with Crippen LogP contribution in [0.3, 0.4) is 0 Å². The first-order chi connectivity index (χ1) is 9.85. The van der Waals surface area contributed by atoms with E-state index in [1.807, 2.05) is 6.07 Å². The van der Waals surface area contributed by atoms with Crippen LogP contribution < -0.4 is 4.90 Å². The van der Waals surface area contributed by atoms with E-state index in [-0.39, 0.29) is 37.5 Å². The molecular formula is C11H13FN4O4S. The maximum atomic E-state index is 12.7. The molecule has 1 unspecified atom stereocenters. The van der Waals surface area contributed by atoms with E-state index < -0.39 is 27.8 Å². The average molecular weight is 316 g/mol. The van der Waals surface area contributed by atoms with Crippen LogP contribution in [-0.4, -0.2) is 48.1 Å². The minimum Gasteiger partial charge on any atom is -0.394 e. The van der Waals surface area contributed by atoms with Crippen LogP contribution >= 0.6 is 0 Å². The largest absolute Gasteiger partial charge is 0.394 e. The van der Waals surface area contributed by atoms with E-state index in [2.05, 4.69) is 5.10 Å². The third-order valence-corrected chi connectivity index (χ3v) is 4.01. The van der Waals surface area contributed by atoms with Gasteiger partial charge in [-0.1, -0.05) is 0 Å². The van der Waals surface area contributed by atoms with E-state index in [1.54, 1.807) is 0 Å². The zero-order valence-electron chi connectivity index (χ0n) is 10.9. The molecule has 114 valence electrons. The summed E-state index contributed by atoms with van der Waals surface area (Å²) >= 11 is 0. The van der Waals surface area contributed by atoms with Gasteiger partial charge in [0.15, 0.2) is 5.82 Å². The number of rotatable bonds is 5. The van der Waals surface area contributed by atoms with Crippen molar-refractivity contribution in [2.45, 2.75) is 13.0 Å². The van der Waals surface area contributed by atoms with Gasteiger partial charge < -0.3 is 5.11 Å². The lowest BCUT2D eigenvalue weighted by atomic mass is 10.1. The summed E-state index contributed by atoms with van der Waals surface area (Å²) < 4.78 is 35.4. The van der Waals surface area contributed by atoms with Gasteiger partial charge >= 0.3 is 10.2 Å². The van der Waals surface area contributed by atoms with Gasteiger partial charge in [0.05, 0.1) is 25.1 Å². The first kappa shape index (κ1) is 15.4. The number of amides is 1. The Morgan fingerprint density at radius 1 is 1.57 bits per heavy atom. The van der Waals surface area contributed by atoms with Gasteiger partial charge in [-0.15, -0.1) is 3.89 Å². The zero-order valence-corrected chi connectivity index (χ0v) is 11.8. The summed E-state index contributed by atoms with van der Waals surface area (Å²) in [4.78, 5) is 13.2. The van der Waals surface area contributed by atoms with Gasteiger partial charge in [-0.05, 0) is 0 Å². The van der Waals surface area contributed by atoms with E-state index in [0.29, 0.717) is 0 Å². The fourth-order valence-electron chi connectivity index (χ4n) is 2.38. The summed E-state index contributed by atoms with van der Waals surface area (Å²) in [6.45, 7) is -0.148. The highest BCUT2D eigenvalue weighted by atomic mass is 32.3. The van der Waals surface area contributed by atoms with Crippen molar-refractivity contribution in [3.8, 4) is 6.07 Å². The van der Waals surface area contributed by atoms with Crippen molar-refractivity contribution >= 4 is 21.9 Å². The molecule has 1 aliphatic heterocycles. The Morgan fingerprint density at radius 3 is 2.86 bits per heavy atom. The number of halogens is 1. The van der Waals surface area contributed by atoms with Crippen LogP contribution in [0, 0.1) is 17.2 Å². The predicted octanol–water partition coefficient (Wildman–Crippen LogP) is -0.601. The molecule has 0 aromatic carbocycles. The second kappa shape index (κ2) is 5.79. The quantitative estimate of drug-likeness (QED) is 0.725. The Morgan fingerprint density at radius 2 is 2.29 bits per heavy atom. The van der Waals surface area contributed by atoms with Gasteiger partial charge in [-0.3, -0.25) is 9.69 Å². The third-order valence-electron chi connectivity index (χ3n) is 3.14.